The minimum Gasteiger partial charge on any atom is -0.480 e. The molecule has 0 heterocycles. The molecule has 0 saturated heterocycles. The summed E-state index contributed by atoms with van der Waals surface area (Å²) in [5, 5.41) is 12.1. The summed E-state index contributed by atoms with van der Waals surface area (Å²) in [6, 6.07) is 5.37. The molecule has 0 bridgehead atoms. The highest BCUT2D eigenvalue weighted by molar-refractivity contribution is 6.33. The molecule has 0 spiro atoms. The van der Waals surface area contributed by atoms with Gasteiger partial charge in [-0.2, -0.15) is 0 Å². The zero-order chi connectivity index (χ0) is 15.4. The standard InChI is InChI=1S/C15H16ClNO4/c16-12-7-2-1-6-11(12)14(19)17-13(15(20)21)9-4-3-5-10(18)8-9/h1-2,6-7,9,13H,3-5,8H2,(H,17,19)(H,20,21)/t9-,13+/m0/s1. The molecule has 1 aliphatic rings. The van der Waals surface area contributed by atoms with Crippen molar-refractivity contribution in [1.29, 1.82) is 0 Å². The van der Waals surface area contributed by atoms with Gasteiger partial charge >= 0.3 is 5.97 Å². The first-order valence-electron chi connectivity index (χ1n) is 6.79. The quantitative estimate of drug-likeness (QED) is 0.893. The maximum Gasteiger partial charge on any atom is 0.326 e. The molecule has 112 valence electrons. The van der Waals surface area contributed by atoms with Crippen molar-refractivity contribution in [3.8, 4) is 0 Å². The van der Waals surface area contributed by atoms with Crippen LogP contribution in [0.1, 0.15) is 36.0 Å². The Morgan fingerprint density at radius 1 is 1.33 bits per heavy atom. The molecule has 1 aliphatic carbocycles. The van der Waals surface area contributed by atoms with Gasteiger partial charge in [-0.1, -0.05) is 23.7 Å². The van der Waals surface area contributed by atoms with Gasteiger partial charge in [-0.3, -0.25) is 9.59 Å². The van der Waals surface area contributed by atoms with E-state index in [4.69, 9.17) is 11.6 Å². The van der Waals surface area contributed by atoms with Gasteiger partial charge in [-0.25, -0.2) is 4.79 Å². The van der Waals surface area contributed by atoms with Crippen molar-refractivity contribution in [3.05, 3.63) is 34.9 Å². The Morgan fingerprint density at radius 3 is 2.67 bits per heavy atom. The lowest BCUT2D eigenvalue weighted by atomic mass is 9.83. The summed E-state index contributed by atoms with van der Waals surface area (Å²) in [6.45, 7) is 0. The molecule has 2 rings (SSSR count). The number of amides is 1. The molecule has 21 heavy (non-hydrogen) atoms. The van der Waals surface area contributed by atoms with Crippen molar-refractivity contribution in [2.24, 2.45) is 5.92 Å². The van der Waals surface area contributed by atoms with Crippen molar-refractivity contribution >= 4 is 29.3 Å². The van der Waals surface area contributed by atoms with Gasteiger partial charge in [0, 0.05) is 12.8 Å². The molecule has 5 nitrogen and oxygen atoms in total. The first-order valence-corrected chi connectivity index (χ1v) is 7.16. The number of halogens is 1. The SMILES string of the molecule is O=C1CCC[C@H]([C@@H](NC(=O)c2ccccc2Cl)C(=O)O)C1. The van der Waals surface area contributed by atoms with Crippen molar-refractivity contribution in [2.75, 3.05) is 0 Å². The molecular weight excluding hydrogens is 294 g/mol. The van der Waals surface area contributed by atoms with Crippen LogP contribution in [0, 0.1) is 5.92 Å². The number of hydrogen-bond acceptors (Lipinski definition) is 3. The summed E-state index contributed by atoms with van der Waals surface area (Å²) in [7, 11) is 0. The molecule has 1 fully saturated rings. The molecule has 6 heteroatoms. The van der Waals surface area contributed by atoms with Gasteiger partial charge in [-0.05, 0) is 30.9 Å². The topological polar surface area (TPSA) is 83.5 Å². The predicted octanol–water partition coefficient (Wildman–Crippen LogP) is 2.28. The number of benzene rings is 1. The summed E-state index contributed by atoms with van der Waals surface area (Å²) in [6.07, 6.45) is 1.96. The highest BCUT2D eigenvalue weighted by Crippen LogP contribution is 2.25. The molecule has 1 aromatic carbocycles. The first kappa shape index (κ1) is 15.5. The molecule has 1 aromatic rings. The number of rotatable bonds is 4. The number of aliphatic carboxylic acids is 1. The fourth-order valence-corrected chi connectivity index (χ4v) is 2.81. The van der Waals surface area contributed by atoms with Crippen LogP contribution in [-0.4, -0.2) is 28.8 Å². The number of hydrogen-bond donors (Lipinski definition) is 2. The molecule has 2 N–H and O–H groups in total. The van der Waals surface area contributed by atoms with E-state index in [1.165, 1.54) is 6.07 Å². The second kappa shape index (κ2) is 6.72. The van der Waals surface area contributed by atoms with Gasteiger partial charge in [-0.15, -0.1) is 0 Å². The lowest BCUT2D eigenvalue weighted by Crippen LogP contribution is -2.47. The lowest BCUT2D eigenvalue weighted by Gasteiger charge is -2.27. The summed E-state index contributed by atoms with van der Waals surface area (Å²) in [4.78, 5) is 35.0. The Labute approximate surface area is 127 Å². The van der Waals surface area contributed by atoms with Crippen LogP contribution < -0.4 is 5.32 Å². The smallest absolute Gasteiger partial charge is 0.326 e. The van der Waals surface area contributed by atoms with Gasteiger partial charge in [0.25, 0.3) is 5.91 Å². The maximum absolute atomic E-state index is 12.2. The van der Waals surface area contributed by atoms with E-state index in [9.17, 15) is 19.5 Å². The summed E-state index contributed by atoms with van der Waals surface area (Å²) in [5.41, 5.74) is 0.229. The van der Waals surface area contributed by atoms with Crippen LogP contribution in [0.5, 0.6) is 0 Å². The molecule has 1 amide bonds. The van der Waals surface area contributed by atoms with Crippen molar-refractivity contribution in [2.45, 2.75) is 31.7 Å². The number of ketones is 1. The van der Waals surface area contributed by atoms with Gasteiger partial charge in [0.2, 0.25) is 0 Å². The number of carbonyl (C=O) groups excluding carboxylic acids is 2. The minimum atomic E-state index is -1.13. The maximum atomic E-state index is 12.2. The van der Waals surface area contributed by atoms with E-state index in [-0.39, 0.29) is 28.7 Å². The van der Waals surface area contributed by atoms with Crippen molar-refractivity contribution < 1.29 is 19.5 Å². The lowest BCUT2D eigenvalue weighted by molar-refractivity contribution is -0.141. The molecule has 0 aliphatic heterocycles. The van der Waals surface area contributed by atoms with E-state index in [0.717, 1.165) is 0 Å². The van der Waals surface area contributed by atoms with E-state index in [0.29, 0.717) is 19.3 Å². The van der Waals surface area contributed by atoms with Crippen LogP contribution in [0.15, 0.2) is 24.3 Å². The number of Topliss-reactive ketones (excluding diaryl/α,β-unsaturated/α-hetero) is 1. The first-order chi connectivity index (χ1) is 9.99. The van der Waals surface area contributed by atoms with E-state index in [2.05, 4.69) is 5.32 Å². The second-order valence-corrected chi connectivity index (χ2v) is 5.57. The average Bonchev–Trinajstić information content (AvgIpc) is 2.44. The third-order valence-electron chi connectivity index (χ3n) is 3.66. The highest BCUT2D eigenvalue weighted by atomic mass is 35.5. The van der Waals surface area contributed by atoms with E-state index in [1.807, 2.05) is 0 Å². The number of carboxylic acid groups (broad SMARTS) is 1. The Bertz CT molecular complexity index is 573. The highest BCUT2D eigenvalue weighted by Gasteiger charge is 2.33. The molecule has 0 aromatic heterocycles. The zero-order valence-corrected chi connectivity index (χ0v) is 12.1. The molecule has 0 radical (unpaired) electrons. The van der Waals surface area contributed by atoms with Crippen LogP contribution in [0.4, 0.5) is 0 Å². The van der Waals surface area contributed by atoms with Crippen LogP contribution >= 0.6 is 11.6 Å². The van der Waals surface area contributed by atoms with E-state index < -0.39 is 17.9 Å². The molecular formula is C15H16ClNO4. The van der Waals surface area contributed by atoms with Crippen LogP contribution in [0.3, 0.4) is 0 Å². The minimum absolute atomic E-state index is 0.0458. The van der Waals surface area contributed by atoms with E-state index in [1.54, 1.807) is 18.2 Å². The molecule has 1 saturated carbocycles. The molecule has 0 unspecified atom stereocenters. The fourth-order valence-electron chi connectivity index (χ4n) is 2.59. The largest absolute Gasteiger partial charge is 0.480 e. The summed E-state index contributed by atoms with van der Waals surface area (Å²) < 4.78 is 0. The van der Waals surface area contributed by atoms with Gasteiger partial charge in [0.15, 0.2) is 0 Å². The fraction of sp³-hybridized carbons (Fsp3) is 0.400. The zero-order valence-electron chi connectivity index (χ0n) is 11.3. The van der Waals surface area contributed by atoms with E-state index >= 15 is 0 Å². The average molecular weight is 310 g/mol. The van der Waals surface area contributed by atoms with Gasteiger partial charge in [0.1, 0.15) is 11.8 Å². The Hall–Kier alpha value is -1.88. The van der Waals surface area contributed by atoms with Gasteiger partial charge < -0.3 is 10.4 Å². The Kier molecular flexibility index (Phi) is 4.96. The molecule has 2 atom stereocenters. The third kappa shape index (κ3) is 3.82. The monoisotopic (exact) mass is 309 g/mol. The second-order valence-electron chi connectivity index (χ2n) is 5.16. The normalized spacial score (nSPS) is 19.9. The van der Waals surface area contributed by atoms with Crippen LogP contribution in [-0.2, 0) is 9.59 Å². The number of carboxylic acids is 1. The van der Waals surface area contributed by atoms with Crippen molar-refractivity contribution in [1.82, 2.24) is 5.32 Å². The Morgan fingerprint density at radius 2 is 2.05 bits per heavy atom. The number of nitrogens with one attached hydrogen (secondary N) is 1. The van der Waals surface area contributed by atoms with Crippen LogP contribution in [0.2, 0.25) is 5.02 Å². The van der Waals surface area contributed by atoms with Gasteiger partial charge in [0.05, 0.1) is 10.6 Å². The van der Waals surface area contributed by atoms with Crippen LogP contribution in [0.25, 0.3) is 0 Å². The summed E-state index contributed by atoms with van der Waals surface area (Å²) in [5.74, 6) is -1.99. The number of carbonyl (C=O) groups is 3. The Balaban J connectivity index is 2.13. The van der Waals surface area contributed by atoms with Crippen molar-refractivity contribution in [3.63, 3.8) is 0 Å². The third-order valence-corrected chi connectivity index (χ3v) is 3.99. The predicted molar refractivity (Wildman–Crippen MR) is 77.3 cm³/mol. The summed E-state index contributed by atoms with van der Waals surface area (Å²) >= 11 is 5.93.